The molecule has 24 nitrogen and oxygen atoms in total. The Bertz CT molecular complexity index is 2140. The Kier molecular flexibility index (Phi) is 51.2. The lowest BCUT2D eigenvalue weighted by molar-refractivity contribution is -0.360. The molecule has 11 N–H and O–H groups in total. The number of aliphatic hydroxyl groups excluding tert-OH is 10. The Morgan fingerprint density at radius 2 is 0.707 bits per heavy atom. The summed E-state index contributed by atoms with van der Waals surface area (Å²) in [6.45, 7) is 3.42. The van der Waals surface area contributed by atoms with Crippen molar-refractivity contribution in [2.75, 3.05) is 26.4 Å². The Balaban J connectivity index is 1.73. The van der Waals surface area contributed by atoms with Gasteiger partial charge in [-0.1, -0.05) is 231 Å². The molecule has 99 heavy (non-hydrogen) atoms. The number of carbonyl (C=O) groups is 3. The van der Waals surface area contributed by atoms with E-state index in [1.165, 1.54) is 141 Å². The molecule has 3 aliphatic rings. The minimum absolute atomic E-state index is 0.00778. The largest absolute Gasteiger partial charge is 0.472 e. The quantitative estimate of drug-likeness (QED) is 0.00886. The maximum atomic E-state index is 14.3. The van der Waals surface area contributed by atoms with Crippen molar-refractivity contribution in [2.45, 2.75) is 401 Å². The highest BCUT2D eigenvalue weighted by molar-refractivity contribution is 7.47. The highest BCUT2D eigenvalue weighted by Gasteiger charge is 2.58. The van der Waals surface area contributed by atoms with E-state index in [1.54, 1.807) is 0 Å². The zero-order chi connectivity index (χ0) is 72.5. The summed E-state index contributed by atoms with van der Waals surface area (Å²) in [5, 5.41) is 110. The normalized spacial score (nSPS) is 27.6. The maximum Gasteiger partial charge on any atom is 0.472 e. The predicted octanol–water partition coefficient (Wildman–Crippen LogP) is 10.9. The summed E-state index contributed by atoms with van der Waals surface area (Å²) in [6.07, 6.45) is 16.7. The number of phosphoric acid groups is 1. The molecule has 18 atom stereocenters. The smallest absolute Gasteiger partial charge is 0.463 e. The molecule has 2 saturated heterocycles. The molecule has 0 radical (unpaired) electrons. The topological polar surface area (TPSA) is 374 Å². The SMILES string of the molecule is CCCCCCCC/C=C\CCCCCC(=O)OCC1OC(OC2C(O)C(O)C(O)C(OC3OC(CO)C(O)C(O)C3O)C2OP(=O)(O)OCC(COC(=O)CCCCC/C=C\CCCCCCCCC)OC(=O)CCCCCCCCCCCCCCCCCCC)C(O)C(O)C1O. The zero-order valence-corrected chi connectivity index (χ0v) is 61.4. The molecule has 3 rings (SSSR count). The molecule has 2 aliphatic heterocycles. The summed E-state index contributed by atoms with van der Waals surface area (Å²) in [5.41, 5.74) is 0. The van der Waals surface area contributed by atoms with Crippen LogP contribution in [0.15, 0.2) is 24.3 Å². The van der Waals surface area contributed by atoms with Crippen molar-refractivity contribution in [3.63, 3.8) is 0 Å². The van der Waals surface area contributed by atoms with E-state index in [9.17, 15) is 74.9 Å². The summed E-state index contributed by atoms with van der Waals surface area (Å²) in [5.74, 6) is -2.02. The van der Waals surface area contributed by atoms with E-state index in [2.05, 4.69) is 45.1 Å². The molecule has 0 bridgehead atoms. The van der Waals surface area contributed by atoms with Gasteiger partial charge in [-0.25, -0.2) is 4.57 Å². The summed E-state index contributed by atoms with van der Waals surface area (Å²) >= 11 is 0. The number of ether oxygens (including phenoxy) is 7. The van der Waals surface area contributed by atoms with Crippen molar-refractivity contribution in [2.24, 2.45) is 0 Å². The molecule has 0 aromatic carbocycles. The number of esters is 3. The number of unbranched alkanes of at least 4 members (excludes halogenated alkanes) is 35. The first-order valence-corrected chi connectivity index (χ1v) is 40.1. The van der Waals surface area contributed by atoms with Gasteiger partial charge in [-0.15, -0.1) is 0 Å². The van der Waals surface area contributed by atoms with Gasteiger partial charge < -0.3 is 89.1 Å². The second-order valence-electron chi connectivity index (χ2n) is 27.7. The van der Waals surface area contributed by atoms with Crippen LogP contribution >= 0.6 is 7.82 Å². The number of carbonyl (C=O) groups excluding carboxylic acids is 3. The molecule has 0 spiro atoms. The molecular weight excluding hydrogens is 1300 g/mol. The van der Waals surface area contributed by atoms with Gasteiger partial charge in [0, 0.05) is 19.3 Å². The van der Waals surface area contributed by atoms with Crippen LogP contribution in [0.1, 0.15) is 297 Å². The van der Waals surface area contributed by atoms with Gasteiger partial charge in [0.25, 0.3) is 0 Å². The van der Waals surface area contributed by atoms with Crippen LogP contribution in [0.4, 0.5) is 0 Å². The minimum atomic E-state index is -5.70. The monoisotopic (exact) mass is 1440 g/mol. The third-order valence-electron chi connectivity index (χ3n) is 19.0. The third-order valence-corrected chi connectivity index (χ3v) is 19.9. The summed E-state index contributed by atoms with van der Waals surface area (Å²) in [6, 6.07) is 0. The van der Waals surface area contributed by atoms with Crippen LogP contribution in [-0.4, -0.2) is 204 Å². The van der Waals surface area contributed by atoms with E-state index in [-0.39, 0.29) is 19.3 Å². The number of hydrogen-bond donors (Lipinski definition) is 11. The fraction of sp³-hybridized carbons (Fsp3) is 0.905. The van der Waals surface area contributed by atoms with Crippen LogP contribution in [0.5, 0.6) is 0 Å². The van der Waals surface area contributed by atoms with Crippen molar-refractivity contribution >= 4 is 25.7 Å². The Morgan fingerprint density at radius 3 is 1.10 bits per heavy atom. The van der Waals surface area contributed by atoms with Gasteiger partial charge in [0.2, 0.25) is 0 Å². The average Bonchev–Trinajstić information content (AvgIpc) is 0.762. The summed E-state index contributed by atoms with van der Waals surface area (Å²) in [4.78, 5) is 51.0. The average molecular weight is 1440 g/mol. The van der Waals surface area contributed by atoms with Crippen molar-refractivity contribution in [1.82, 2.24) is 0 Å². The number of aliphatic hydroxyl groups is 10. The molecule has 0 amide bonds. The number of hydrogen-bond acceptors (Lipinski definition) is 23. The molecule has 1 aliphatic carbocycles. The highest BCUT2D eigenvalue weighted by Crippen LogP contribution is 2.49. The molecular formula is C74H135O24P. The molecule has 1 saturated carbocycles. The van der Waals surface area contributed by atoms with Gasteiger partial charge in [-0.05, 0) is 70.6 Å². The molecule has 25 heteroatoms. The van der Waals surface area contributed by atoms with Gasteiger partial charge in [-0.2, -0.15) is 0 Å². The molecule has 0 aromatic heterocycles. The van der Waals surface area contributed by atoms with Gasteiger partial charge in [0.05, 0.1) is 13.2 Å². The van der Waals surface area contributed by atoms with E-state index in [4.69, 9.17) is 42.2 Å². The standard InChI is InChI=1S/C74H135O24P/c1-4-7-10-13-16-19-22-25-27-28-29-32-35-38-41-44-47-50-60(78)93-55(52-90-58(76)48-45-42-39-36-34-31-26-23-20-17-14-11-8-5-2)53-92-99(88,89)98-72-70(96-73-68(86)63(81)61(79)56(51-75)94-73)66(84)65(83)67(85)71(72)97-74-69(87)64(82)62(80)57(95-74)54-91-59(77)49-46-43-40-37-33-30-24-21-18-15-12-9-6-3/h30-31,33-34,55-57,61-75,79-87H,4-29,32,35-54H2,1-3H3,(H,88,89)/b33-30-,34-31-. The van der Waals surface area contributed by atoms with E-state index >= 15 is 0 Å². The van der Waals surface area contributed by atoms with Crippen LogP contribution in [0.3, 0.4) is 0 Å². The molecule has 580 valence electrons. The van der Waals surface area contributed by atoms with Gasteiger partial charge in [0.1, 0.15) is 98.7 Å². The fourth-order valence-electron chi connectivity index (χ4n) is 12.6. The van der Waals surface area contributed by atoms with E-state index in [0.29, 0.717) is 19.3 Å². The zero-order valence-electron chi connectivity index (χ0n) is 60.5. The van der Waals surface area contributed by atoms with E-state index in [1.807, 2.05) is 0 Å². The lowest BCUT2D eigenvalue weighted by atomic mass is 9.84. The summed E-state index contributed by atoms with van der Waals surface area (Å²) < 4.78 is 65.0. The first kappa shape index (κ1) is 90.7. The number of allylic oxidation sites excluding steroid dienone is 4. The first-order chi connectivity index (χ1) is 47.8. The Labute approximate surface area is 592 Å². The lowest BCUT2D eigenvalue weighted by Gasteiger charge is -2.49. The summed E-state index contributed by atoms with van der Waals surface area (Å²) in [7, 11) is -5.70. The molecule has 2 heterocycles. The van der Waals surface area contributed by atoms with Gasteiger partial charge >= 0.3 is 25.7 Å². The van der Waals surface area contributed by atoms with Crippen molar-refractivity contribution in [3.05, 3.63) is 24.3 Å². The van der Waals surface area contributed by atoms with Crippen molar-refractivity contribution < 1.29 is 117 Å². The van der Waals surface area contributed by atoms with E-state index < -0.39 is 156 Å². The Morgan fingerprint density at radius 1 is 0.384 bits per heavy atom. The van der Waals surface area contributed by atoms with Crippen LogP contribution in [-0.2, 0) is 61.2 Å². The highest BCUT2D eigenvalue weighted by atomic mass is 31.2. The second kappa shape index (κ2) is 55.9. The van der Waals surface area contributed by atoms with Gasteiger partial charge in [0.15, 0.2) is 18.7 Å². The van der Waals surface area contributed by atoms with Crippen LogP contribution < -0.4 is 0 Å². The van der Waals surface area contributed by atoms with Crippen LogP contribution in [0.2, 0.25) is 0 Å². The van der Waals surface area contributed by atoms with Crippen LogP contribution in [0, 0.1) is 0 Å². The molecule has 18 unspecified atom stereocenters. The Hall–Kier alpha value is -2.56. The minimum Gasteiger partial charge on any atom is -0.463 e. The lowest BCUT2D eigenvalue weighted by Crippen LogP contribution is -2.69. The second-order valence-corrected chi connectivity index (χ2v) is 29.1. The number of rotatable bonds is 60. The first-order valence-electron chi connectivity index (χ1n) is 38.6. The third kappa shape index (κ3) is 38.9. The van der Waals surface area contributed by atoms with Crippen molar-refractivity contribution in [3.8, 4) is 0 Å². The van der Waals surface area contributed by atoms with Crippen LogP contribution in [0.25, 0.3) is 0 Å². The molecule has 3 fully saturated rings. The fourth-order valence-corrected chi connectivity index (χ4v) is 13.6. The predicted molar refractivity (Wildman–Crippen MR) is 374 cm³/mol. The molecule has 0 aromatic rings. The van der Waals surface area contributed by atoms with E-state index in [0.717, 1.165) is 96.3 Å². The number of phosphoric ester groups is 1. The van der Waals surface area contributed by atoms with Gasteiger partial charge in [-0.3, -0.25) is 23.4 Å². The van der Waals surface area contributed by atoms with Crippen molar-refractivity contribution in [1.29, 1.82) is 0 Å². The maximum absolute atomic E-state index is 14.3.